The Kier molecular flexibility index (Phi) is 8.78. The van der Waals surface area contributed by atoms with Crippen molar-refractivity contribution in [1.29, 1.82) is 5.26 Å². The van der Waals surface area contributed by atoms with Crippen molar-refractivity contribution in [3.63, 3.8) is 0 Å². The van der Waals surface area contributed by atoms with Gasteiger partial charge in [-0.25, -0.2) is 9.97 Å². The van der Waals surface area contributed by atoms with Crippen LogP contribution in [0.15, 0.2) is 30.5 Å². The molecule has 3 fully saturated rings. The number of nitrogens with zero attached hydrogens (tertiary/aromatic N) is 3. The van der Waals surface area contributed by atoms with Gasteiger partial charge in [0.25, 0.3) is 0 Å². The van der Waals surface area contributed by atoms with Gasteiger partial charge in [-0.3, -0.25) is 0 Å². The van der Waals surface area contributed by atoms with E-state index in [0.717, 1.165) is 74.6 Å². The number of hydrogen-bond donors (Lipinski definition) is 3. The van der Waals surface area contributed by atoms with Gasteiger partial charge in [0.05, 0.1) is 28.3 Å². The van der Waals surface area contributed by atoms with Crippen LogP contribution in [0.3, 0.4) is 0 Å². The fourth-order valence-electron chi connectivity index (χ4n) is 5.50. The van der Waals surface area contributed by atoms with E-state index in [9.17, 15) is 5.26 Å². The van der Waals surface area contributed by atoms with Gasteiger partial charge in [0.2, 0.25) is 0 Å². The number of nitriles is 1. The lowest BCUT2D eigenvalue weighted by molar-refractivity contribution is 0.0455. The summed E-state index contributed by atoms with van der Waals surface area (Å²) >= 11 is 6.55. The number of pyridine rings is 2. The minimum Gasteiger partial charge on any atom is -0.381 e. The van der Waals surface area contributed by atoms with Crippen LogP contribution in [0, 0.1) is 16.7 Å². The minimum absolute atomic E-state index is 0.393. The number of hydrogen-bond acceptors (Lipinski definition) is 8. The maximum absolute atomic E-state index is 9.73. The molecule has 0 bridgehead atoms. The number of ether oxygens (including phenoxy) is 2. The van der Waals surface area contributed by atoms with E-state index in [0.29, 0.717) is 43.0 Å². The summed E-state index contributed by atoms with van der Waals surface area (Å²) in [7, 11) is 0. The van der Waals surface area contributed by atoms with Crippen LogP contribution in [0.25, 0.3) is 11.3 Å². The molecule has 2 aromatic rings. The highest BCUT2D eigenvalue weighted by Gasteiger charge is 2.32. The number of aromatic nitrogens is 2. The first-order chi connectivity index (χ1) is 18.1. The van der Waals surface area contributed by atoms with E-state index in [1.54, 1.807) is 6.20 Å². The van der Waals surface area contributed by atoms with Crippen molar-refractivity contribution in [2.24, 2.45) is 5.41 Å². The van der Waals surface area contributed by atoms with Crippen LogP contribution in [0.5, 0.6) is 0 Å². The largest absolute Gasteiger partial charge is 0.381 e. The van der Waals surface area contributed by atoms with E-state index in [4.69, 9.17) is 26.1 Å². The predicted molar refractivity (Wildman–Crippen MR) is 146 cm³/mol. The van der Waals surface area contributed by atoms with Crippen LogP contribution in [-0.4, -0.2) is 61.1 Å². The number of nitrogens with one attached hydrogen (secondary N) is 3. The Balaban J connectivity index is 1.17. The van der Waals surface area contributed by atoms with Crippen LogP contribution in [0.4, 0.5) is 11.6 Å². The van der Waals surface area contributed by atoms with Gasteiger partial charge in [-0.2, -0.15) is 5.26 Å². The lowest BCUT2D eigenvalue weighted by atomic mass is 9.82. The van der Waals surface area contributed by atoms with Gasteiger partial charge >= 0.3 is 0 Å². The summed E-state index contributed by atoms with van der Waals surface area (Å²) in [6.07, 6.45) is 10.4. The zero-order chi connectivity index (χ0) is 25.5. The lowest BCUT2D eigenvalue weighted by Crippen LogP contribution is -2.40. The highest BCUT2D eigenvalue weighted by Crippen LogP contribution is 2.32. The molecule has 1 aliphatic carbocycles. The maximum atomic E-state index is 9.73. The highest BCUT2D eigenvalue weighted by atomic mass is 35.5. The summed E-state index contributed by atoms with van der Waals surface area (Å²) in [6.45, 7) is 3.67. The van der Waals surface area contributed by atoms with Crippen molar-refractivity contribution >= 4 is 23.2 Å². The van der Waals surface area contributed by atoms with Crippen molar-refractivity contribution in [2.75, 3.05) is 43.5 Å². The molecule has 1 atom stereocenters. The molecule has 0 aromatic carbocycles. The zero-order valence-corrected chi connectivity index (χ0v) is 22.1. The van der Waals surface area contributed by atoms with E-state index in [-0.39, 0.29) is 0 Å². The quantitative estimate of drug-likeness (QED) is 0.420. The van der Waals surface area contributed by atoms with E-state index in [1.165, 1.54) is 12.8 Å². The van der Waals surface area contributed by atoms with E-state index in [1.807, 2.05) is 24.3 Å². The molecule has 9 heteroatoms. The number of halogens is 1. The molecule has 3 aliphatic rings. The standard InChI is InChI=1S/C28H37ClN6O2/c29-24-17-32-27(34-21-8-6-20(7-9-21)31-16-22-3-2-12-37-22)15-23(24)25-4-1-5-26(35-25)33-19-28(18-30)10-13-36-14-11-28/h1,4-5,15,17,20-22,31H,2-3,6-14,16,19H2,(H,32,34)(H,33,35)/t20?,21?,22-/m1/s1. The number of rotatable bonds is 9. The molecule has 1 saturated carbocycles. The third-order valence-electron chi connectivity index (χ3n) is 7.91. The van der Waals surface area contributed by atoms with Gasteiger partial charge in [0.15, 0.2) is 0 Å². The zero-order valence-electron chi connectivity index (χ0n) is 21.3. The van der Waals surface area contributed by atoms with Gasteiger partial charge in [0, 0.05) is 56.8 Å². The molecule has 3 N–H and O–H groups in total. The normalized spacial score (nSPS) is 25.4. The lowest BCUT2D eigenvalue weighted by Gasteiger charge is -2.31. The first-order valence-corrected chi connectivity index (χ1v) is 14.0. The molecule has 0 unspecified atom stereocenters. The SMILES string of the molecule is N#CC1(CNc2cccc(-c3cc(NC4CCC(NC[C@H]5CCCO5)CC4)ncc3Cl)n2)CCOCC1. The Labute approximate surface area is 224 Å². The third-order valence-corrected chi connectivity index (χ3v) is 8.21. The number of anilines is 2. The van der Waals surface area contributed by atoms with Crippen molar-refractivity contribution in [1.82, 2.24) is 15.3 Å². The molecule has 5 rings (SSSR count). The molecule has 2 aliphatic heterocycles. The molecular weight excluding hydrogens is 488 g/mol. The molecule has 0 spiro atoms. The average Bonchev–Trinajstić information content (AvgIpc) is 3.47. The predicted octanol–water partition coefficient (Wildman–Crippen LogP) is 5.02. The van der Waals surface area contributed by atoms with Crippen LogP contribution in [0.2, 0.25) is 5.02 Å². The Hall–Kier alpha value is -2.44. The molecular formula is C28H37ClN6O2. The van der Waals surface area contributed by atoms with Crippen molar-refractivity contribution in [3.8, 4) is 17.3 Å². The van der Waals surface area contributed by atoms with Crippen LogP contribution in [0.1, 0.15) is 51.4 Å². The molecule has 37 heavy (non-hydrogen) atoms. The molecule has 8 nitrogen and oxygen atoms in total. The highest BCUT2D eigenvalue weighted by molar-refractivity contribution is 6.33. The molecule has 2 aromatic heterocycles. The van der Waals surface area contributed by atoms with E-state index in [2.05, 4.69) is 27.0 Å². The maximum Gasteiger partial charge on any atom is 0.126 e. The summed E-state index contributed by atoms with van der Waals surface area (Å²) in [5, 5.41) is 21.0. The second kappa shape index (κ2) is 12.4. The summed E-state index contributed by atoms with van der Waals surface area (Å²) < 4.78 is 11.2. The van der Waals surface area contributed by atoms with Crippen molar-refractivity contribution in [3.05, 3.63) is 35.5 Å². The van der Waals surface area contributed by atoms with Crippen LogP contribution < -0.4 is 16.0 Å². The van der Waals surface area contributed by atoms with E-state index >= 15 is 0 Å². The Morgan fingerprint density at radius 1 is 1.05 bits per heavy atom. The average molecular weight is 525 g/mol. The van der Waals surface area contributed by atoms with Gasteiger partial charge in [-0.05, 0) is 69.6 Å². The monoisotopic (exact) mass is 524 g/mol. The Bertz CT molecular complexity index is 1070. The van der Waals surface area contributed by atoms with Gasteiger partial charge in [-0.1, -0.05) is 17.7 Å². The second-order valence-corrected chi connectivity index (χ2v) is 11.0. The van der Waals surface area contributed by atoms with Gasteiger partial charge in [-0.15, -0.1) is 0 Å². The second-order valence-electron chi connectivity index (χ2n) is 10.6. The molecule has 2 saturated heterocycles. The molecule has 0 amide bonds. The fraction of sp³-hybridized carbons (Fsp3) is 0.607. The van der Waals surface area contributed by atoms with Crippen molar-refractivity contribution in [2.45, 2.75) is 69.6 Å². The summed E-state index contributed by atoms with van der Waals surface area (Å²) in [5.41, 5.74) is 1.21. The summed E-state index contributed by atoms with van der Waals surface area (Å²) in [6, 6.07) is 11.3. The smallest absolute Gasteiger partial charge is 0.126 e. The molecule has 0 radical (unpaired) electrons. The van der Waals surface area contributed by atoms with E-state index < -0.39 is 5.41 Å². The Morgan fingerprint density at radius 3 is 2.62 bits per heavy atom. The summed E-state index contributed by atoms with van der Waals surface area (Å²) in [4.78, 5) is 9.33. The van der Waals surface area contributed by atoms with Gasteiger partial charge in [0.1, 0.15) is 11.6 Å². The minimum atomic E-state index is -0.417. The summed E-state index contributed by atoms with van der Waals surface area (Å²) in [5.74, 6) is 1.55. The Morgan fingerprint density at radius 2 is 1.86 bits per heavy atom. The molecule has 198 valence electrons. The van der Waals surface area contributed by atoms with Crippen LogP contribution >= 0.6 is 11.6 Å². The molecule has 4 heterocycles. The first kappa shape index (κ1) is 26.2. The van der Waals surface area contributed by atoms with Gasteiger partial charge < -0.3 is 25.4 Å². The first-order valence-electron chi connectivity index (χ1n) is 13.6. The fourth-order valence-corrected chi connectivity index (χ4v) is 5.70. The topological polar surface area (TPSA) is 104 Å². The van der Waals surface area contributed by atoms with Crippen molar-refractivity contribution < 1.29 is 9.47 Å². The van der Waals surface area contributed by atoms with Crippen LogP contribution in [-0.2, 0) is 9.47 Å². The third kappa shape index (κ3) is 6.91.